The van der Waals surface area contributed by atoms with Crippen LogP contribution in [-0.4, -0.2) is 27.7 Å². The van der Waals surface area contributed by atoms with Gasteiger partial charge in [-0.25, -0.2) is 13.1 Å². The fourth-order valence-electron chi connectivity index (χ4n) is 1.54. The van der Waals surface area contributed by atoms with Gasteiger partial charge in [-0.1, -0.05) is 6.07 Å². The van der Waals surface area contributed by atoms with Gasteiger partial charge >= 0.3 is 0 Å². The molecule has 0 aliphatic rings. The van der Waals surface area contributed by atoms with Crippen LogP contribution in [0.4, 0.5) is 0 Å². The third kappa shape index (κ3) is 4.26. The lowest BCUT2D eigenvalue weighted by molar-refractivity contribution is 0.0276. The van der Waals surface area contributed by atoms with Gasteiger partial charge in [0, 0.05) is 24.7 Å². The summed E-state index contributed by atoms with van der Waals surface area (Å²) in [5, 5.41) is 0. The van der Waals surface area contributed by atoms with Crippen molar-refractivity contribution in [3.63, 3.8) is 0 Å². The van der Waals surface area contributed by atoms with Gasteiger partial charge in [0.1, 0.15) is 0 Å². The third-order valence-corrected chi connectivity index (χ3v) is 5.79. The Labute approximate surface area is 129 Å². The molecule has 1 rings (SSSR count). The van der Waals surface area contributed by atoms with E-state index in [1.165, 1.54) is 0 Å². The number of hydrogen-bond donors (Lipinski definition) is 2. The van der Waals surface area contributed by atoms with Crippen molar-refractivity contribution in [2.24, 2.45) is 5.73 Å². The summed E-state index contributed by atoms with van der Waals surface area (Å²) < 4.78 is 33.1. The van der Waals surface area contributed by atoms with E-state index in [9.17, 15) is 8.42 Å². The van der Waals surface area contributed by atoms with Gasteiger partial charge < -0.3 is 10.5 Å². The van der Waals surface area contributed by atoms with E-state index >= 15 is 0 Å². The molecule has 0 aromatic heterocycles. The highest BCUT2D eigenvalue weighted by Gasteiger charge is 2.24. The van der Waals surface area contributed by atoms with Gasteiger partial charge in [0.25, 0.3) is 0 Å². The second kappa shape index (κ2) is 6.53. The first-order valence-corrected chi connectivity index (χ1v) is 8.44. The van der Waals surface area contributed by atoms with Crippen molar-refractivity contribution in [3.8, 4) is 0 Å². The third-order valence-electron chi connectivity index (χ3n) is 3.05. The van der Waals surface area contributed by atoms with Crippen molar-refractivity contribution >= 4 is 26.0 Å². The van der Waals surface area contributed by atoms with E-state index in [1.54, 1.807) is 13.2 Å². The predicted octanol–water partition coefficient (Wildman–Crippen LogP) is 1.92. The van der Waals surface area contributed by atoms with E-state index in [-0.39, 0.29) is 11.4 Å². The average Bonchev–Trinajstić information content (AvgIpc) is 2.39. The minimum Gasteiger partial charge on any atom is -0.377 e. The number of benzene rings is 1. The van der Waals surface area contributed by atoms with Crippen LogP contribution in [0.15, 0.2) is 21.5 Å². The van der Waals surface area contributed by atoms with Gasteiger partial charge in [0.05, 0.1) is 10.5 Å². The fourth-order valence-corrected chi connectivity index (χ4v) is 3.81. The van der Waals surface area contributed by atoms with Gasteiger partial charge in [-0.3, -0.25) is 0 Å². The number of methoxy groups -OCH3 is 1. The Hall–Kier alpha value is -0.470. The standard InChI is InChI=1S/C13H21BrN2O3S/c1-9-5-10(7-15)6-11(12(9)14)20(17,18)16-8-13(2,3)19-4/h5-6,16H,7-8,15H2,1-4H3. The molecule has 5 nitrogen and oxygen atoms in total. The minimum atomic E-state index is -3.62. The molecule has 1 aromatic rings. The molecule has 0 aliphatic heterocycles. The zero-order valence-electron chi connectivity index (χ0n) is 12.2. The highest BCUT2D eigenvalue weighted by Crippen LogP contribution is 2.27. The van der Waals surface area contributed by atoms with Crippen molar-refractivity contribution in [1.82, 2.24) is 4.72 Å². The number of halogens is 1. The van der Waals surface area contributed by atoms with Crippen LogP contribution in [0.5, 0.6) is 0 Å². The van der Waals surface area contributed by atoms with Crippen molar-refractivity contribution in [2.75, 3.05) is 13.7 Å². The summed E-state index contributed by atoms with van der Waals surface area (Å²) in [6, 6.07) is 3.45. The fraction of sp³-hybridized carbons (Fsp3) is 0.538. The number of rotatable bonds is 6. The second-order valence-electron chi connectivity index (χ2n) is 5.22. The van der Waals surface area contributed by atoms with Gasteiger partial charge in [-0.05, 0) is 53.9 Å². The Bertz CT molecular complexity index is 586. The van der Waals surface area contributed by atoms with Gasteiger partial charge in [0.15, 0.2) is 0 Å². The summed E-state index contributed by atoms with van der Waals surface area (Å²) >= 11 is 3.33. The number of sulfonamides is 1. The van der Waals surface area contributed by atoms with Crippen LogP contribution in [0, 0.1) is 6.92 Å². The highest BCUT2D eigenvalue weighted by atomic mass is 79.9. The molecule has 3 N–H and O–H groups in total. The first kappa shape index (κ1) is 17.6. The second-order valence-corrected chi connectivity index (χ2v) is 7.75. The van der Waals surface area contributed by atoms with Crippen LogP contribution >= 0.6 is 15.9 Å². The minimum absolute atomic E-state index is 0.185. The lowest BCUT2D eigenvalue weighted by atomic mass is 10.1. The molecule has 0 saturated carbocycles. The van der Waals surface area contributed by atoms with Gasteiger partial charge in [0.2, 0.25) is 10.0 Å². The molecular formula is C13H21BrN2O3S. The maximum absolute atomic E-state index is 12.4. The summed E-state index contributed by atoms with van der Waals surface area (Å²) in [5.41, 5.74) is 6.63. The Kier molecular flexibility index (Phi) is 5.74. The Morgan fingerprint density at radius 3 is 2.50 bits per heavy atom. The molecule has 0 unspecified atom stereocenters. The largest absolute Gasteiger partial charge is 0.377 e. The summed E-state index contributed by atoms with van der Waals surface area (Å²) in [6.45, 7) is 5.93. The molecule has 0 amide bonds. The maximum Gasteiger partial charge on any atom is 0.241 e. The molecule has 0 atom stereocenters. The van der Waals surface area contributed by atoms with E-state index < -0.39 is 15.6 Å². The van der Waals surface area contributed by atoms with Crippen molar-refractivity contribution in [2.45, 2.75) is 37.8 Å². The zero-order chi connectivity index (χ0) is 15.6. The summed E-state index contributed by atoms with van der Waals surface area (Å²) in [4.78, 5) is 0.199. The molecule has 0 heterocycles. The molecule has 0 spiro atoms. The number of aryl methyl sites for hydroxylation is 1. The summed E-state index contributed by atoms with van der Waals surface area (Å²) in [6.07, 6.45) is 0. The van der Waals surface area contributed by atoms with E-state index in [1.807, 2.05) is 26.8 Å². The van der Waals surface area contributed by atoms with E-state index in [0.29, 0.717) is 11.0 Å². The molecule has 7 heteroatoms. The maximum atomic E-state index is 12.4. The molecule has 0 aliphatic carbocycles. The summed E-state index contributed by atoms with van der Waals surface area (Å²) in [5.74, 6) is 0. The predicted molar refractivity (Wildman–Crippen MR) is 83.0 cm³/mol. The normalized spacial score (nSPS) is 12.7. The Morgan fingerprint density at radius 1 is 1.40 bits per heavy atom. The first-order valence-electron chi connectivity index (χ1n) is 6.17. The average molecular weight is 365 g/mol. The van der Waals surface area contributed by atoms with Gasteiger partial charge in [-0.15, -0.1) is 0 Å². The van der Waals surface area contributed by atoms with E-state index in [2.05, 4.69) is 20.7 Å². The Balaban J connectivity index is 3.13. The molecule has 0 saturated heterocycles. The zero-order valence-corrected chi connectivity index (χ0v) is 14.6. The lowest BCUT2D eigenvalue weighted by Gasteiger charge is -2.23. The van der Waals surface area contributed by atoms with Crippen LogP contribution in [0.2, 0.25) is 0 Å². The Morgan fingerprint density at radius 2 is 2.00 bits per heavy atom. The quantitative estimate of drug-likeness (QED) is 0.807. The first-order chi connectivity index (χ1) is 9.13. The van der Waals surface area contributed by atoms with Gasteiger partial charge in [-0.2, -0.15) is 0 Å². The molecular weight excluding hydrogens is 344 g/mol. The molecule has 20 heavy (non-hydrogen) atoms. The SMILES string of the molecule is COC(C)(C)CNS(=O)(=O)c1cc(CN)cc(C)c1Br. The van der Waals surface area contributed by atoms with Crippen LogP contribution < -0.4 is 10.5 Å². The van der Waals surface area contributed by atoms with Crippen molar-refractivity contribution in [1.29, 1.82) is 0 Å². The number of ether oxygens (including phenoxy) is 1. The van der Waals surface area contributed by atoms with E-state index in [4.69, 9.17) is 10.5 Å². The molecule has 0 fully saturated rings. The van der Waals surface area contributed by atoms with Crippen LogP contribution in [0.25, 0.3) is 0 Å². The summed E-state index contributed by atoms with van der Waals surface area (Å²) in [7, 11) is -2.08. The molecule has 0 bridgehead atoms. The van der Waals surface area contributed by atoms with E-state index in [0.717, 1.165) is 11.1 Å². The van der Waals surface area contributed by atoms with Crippen molar-refractivity contribution in [3.05, 3.63) is 27.7 Å². The number of nitrogens with two attached hydrogens (primary N) is 1. The van der Waals surface area contributed by atoms with Crippen LogP contribution in [0.3, 0.4) is 0 Å². The monoisotopic (exact) mass is 364 g/mol. The molecule has 0 radical (unpaired) electrons. The lowest BCUT2D eigenvalue weighted by Crippen LogP contribution is -2.39. The van der Waals surface area contributed by atoms with Crippen molar-refractivity contribution < 1.29 is 13.2 Å². The molecule has 1 aromatic carbocycles. The number of hydrogen-bond acceptors (Lipinski definition) is 4. The van der Waals surface area contributed by atoms with Crippen LogP contribution in [-0.2, 0) is 21.3 Å². The molecule has 114 valence electrons. The van der Waals surface area contributed by atoms with Crippen LogP contribution in [0.1, 0.15) is 25.0 Å². The topological polar surface area (TPSA) is 81.4 Å². The highest BCUT2D eigenvalue weighted by molar-refractivity contribution is 9.10. The number of nitrogens with one attached hydrogen (secondary N) is 1. The smallest absolute Gasteiger partial charge is 0.241 e.